The van der Waals surface area contributed by atoms with E-state index in [9.17, 15) is 30.0 Å². The lowest BCUT2D eigenvalue weighted by atomic mass is 9.74. The first-order valence-electron chi connectivity index (χ1n) is 10.1. The molecule has 0 amide bonds. The second kappa shape index (κ2) is 7.89. The van der Waals surface area contributed by atoms with Crippen molar-refractivity contribution < 1.29 is 30.0 Å². The Labute approximate surface area is 184 Å². The molecule has 2 aromatic carbocycles. The van der Waals surface area contributed by atoms with Crippen molar-refractivity contribution in [1.82, 2.24) is 0 Å². The van der Waals surface area contributed by atoms with Gasteiger partial charge in [0.1, 0.15) is 22.3 Å². The Kier molecular flexibility index (Phi) is 5.22. The third-order valence-corrected chi connectivity index (χ3v) is 6.24. The standard InChI is InChI=1S/C26H22O6/c27-21-9-13-25(14-10-21,23(29)30)19-5-1-17(2-6-19)18-3-7-20(8-4-18)26(24(31)32)15-11-22(28)12-16-26/h1-13,15,27-28H,14,16H2,(H,29,30)(H,31,32). The molecular weight excluding hydrogens is 408 g/mol. The van der Waals surface area contributed by atoms with Gasteiger partial charge in [0.05, 0.1) is 0 Å². The SMILES string of the molecule is O=C(O)C1(c2ccc(-c3ccc(C4(C(=O)O)C=CC(O)=CC4)cc3)cc2)C=CC(O)=CC1. The van der Waals surface area contributed by atoms with Crippen molar-refractivity contribution in [3.05, 3.63) is 108 Å². The first kappa shape index (κ1) is 21.2. The quantitative estimate of drug-likeness (QED) is 0.542. The van der Waals surface area contributed by atoms with E-state index in [0.717, 1.165) is 11.1 Å². The molecule has 0 heterocycles. The van der Waals surface area contributed by atoms with Gasteiger partial charge in [0, 0.05) is 0 Å². The Morgan fingerprint density at radius 1 is 0.625 bits per heavy atom. The number of rotatable bonds is 5. The summed E-state index contributed by atoms with van der Waals surface area (Å²) in [5.41, 5.74) is 0.479. The van der Waals surface area contributed by atoms with Gasteiger partial charge in [-0.15, -0.1) is 0 Å². The maximum absolute atomic E-state index is 12.0. The lowest BCUT2D eigenvalue weighted by molar-refractivity contribution is -0.142. The zero-order valence-corrected chi connectivity index (χ0v) is 17.1. The molecule has 0 saturated carbocycles. The molecule has 4 N–H and O–H groups in total. The fraction of sp³-hybridized carbons (Fsp3) is 0.154. The highest BCUT2D eigenvalue weighted by molar-refractivity contribution is 5.86. The van der Waals surface area contributed by atoms with E-state index >= 15 is 0 Å². The van der Waals surface area contributed by atoms with Crippen LogP contribution in [0.5, 0.6) is 0 Å². The molecule has 0 radical (unpaired) electrons. The summed E-state index contributed by atoms with van der Waals surface area (Å²) in [4.78, 5) is 24.0. The number of hydrogen-bond donors (Lipinski definition) is 4. The zero-order valence-electron chi connectivity index (χ0n) is 17.1. The van der Waals surface area contributed by atoms with Crippen LogP contribution in [0.4, 0.5) is 0 Å². The third kappa shape index (κ3) is 3.50. The number of allylic oxidation sites excluding steroid dienone is 4. The second-order valence-electron chi connectivity index (χ2n) is 8.04. The fourth-order valence-electron chi connectivity index (χ4n) is 4.17. The number of benzene rings is 2. The molecule has 2 aliphatic rings. The summed E-state index contributed by atoms with van der Waals surface area (Å²) < 4.78 is 0. The van der Waals surface area contributed by atoms with Crippen LogP contribution in [0, 0.1) is 0 Å². The molecule has 0 saturated heterocycles. The van der Waals surface area contributed by atoms with Gasteiger partial charge in [-0.2, -0.15) is 0 Å². The molecule has 0 aliphatic heterocycles. The van der Waals surface area contributed by atoms with Gasteiger partial charge < -0.3 is 20.4 Å². The lowest BCUT2D eigenvalue weighted by Gasteiger charge is -2.28. The average molecular weight is 430 g/mol. The van der Waals surface area contributed by atoms with Gasteiger partial charge in [-0.1, -0.05) is 60.7 Å². The van der Waals surface area contributed by atoms with Crippen molar-refractivity contribution in [2.24, 2.45) is 0 Å². The number of carboxylic acid groups (broad SMARTS) is 2. The summed E-state index contributed by atoms with van der Waals surface area (Å²) in [7, 11) is 0. The molecule has 0 fully saturated rings. The number of aliphatic hydroxyl groups excluding tert-OH is 2. The predicted octanol–water partition coefficient (Wildman–Crippen LogP) is 4.80. The van der Waals surface area contributed by atoms with Crippen molar-refractivity contribution in [3.63, 3.8) is 0 Å². The summed E-state index contributed by atoms with van der Waals surface area (Å²) in [5.74, 6) is -1.88. The third-order valence-electron chi connectivity index (χ3n) is 6.24. The van der Waals surface area contributed by atoms with E-state index in [2.05, 4.69) is 0 Å². The van der Waals surface area contributed by atoms with Gasteiger partial charge in [-0.25, -0.2) is 0 Å². The molecule has 0 bridgehead atoms. The van der Waals surface area contributed by atoms with Gasteiger partial charge >= 0.3 is 11.9 Å². The molecule has 2 atom stereocenters. The van der Waals surface area contributed by atoms with Crippen molar-refractivity contribution in [2.45, 2.75) is 23.7 Å². The van der Waals surface area contributed by atoms with E-state index in [1.165, 1.54) is 36.5 Å². The highest BCUT2D eigenvalue weighted by atomic mass is 16.4. The van der Waals surface area contributed by atoms with E-state index in [1.54, 1.807) is 24.3 Å². The molecule has 6 nitrogen and oxygen atoms in total. The number of carbonyl (C=O) groups is 2. The average Bonchev–Trinajstić information content (AvgIpc) is 2.80. The maximum Gasteiger partial charge on any atom is 0.318 e. The van der Waals surface area contributed by atoms with Gasteiger partial charge in [-0.3, -0.25) is 9.59 Å². The van der Waals surface area contributed by atoms with E-state index in [-0.39, 0.29) is 24.4 Å². The minimum absolute atomic E-state index is 0.0521. The van der Waals surface area contributed by atoms with Crippen molar-refractivity contribution in [3.8, 4) is 11.1 Å². The van der Waals surface area contributed by atoms with Crippen LogP contribution >= 0.6 is 0 Å². The van der Waals surface area contributed by atoms with Gasteiger partial charge in [-0.05, 0) is 59.4 Å². The number of aliphatic hydroxyl groups is 2. The summed E-state index contributed by atoms with van der Waals surface area (Å²) in [6.07, 6.45) is 9.12. The molecule has 2 unspecified atom stereocenters. The van der Waals surface area contributed by atoms with Crippen LogP contribution < -0.4 is 0 Å². The van der Waals surface area contributed by atoms with Crippen molar-refractivity contribution in [1.29, 1.82) is 0 Å². The summed E-state index contributed by atoms with van der Waals surface area (Å²) >= 11 is 0. The van der Waals surface area contributed by atoms with Crippen LogP contribution in [0.3, 0.4) is 0 Å². The van der Waals surface area contributed by atoms with Crippen LogP contribution in [-0.4, -0.2) is 32.4 Å². The largest absolute Gasteiger partial charge is 0.508 e. The minimum atomic E-state index is -1.23. The number of aliphatic carboxylic acids is 2. The van der Waals surface area contributed by atoms with Gasteiger partial charge in [0.15, 0.2) is 0 Å². The summed E-state index contributed by atoms with van der Waals surface area (Å²) in [5, 5.41) is 38.8. The van der Waals surface area contributed by atoms with Gasteiger partial charge in [0.2, 0.25) is 0 Å². The molecule has 0 aromatic heterocycles. The molecule has 2 aromatic rings. The lowest BCUT2D eigenvalue weighted by Crippen LogP contribution is -2.34. The normalized spacial score (nSPS) is 24.5. The van der Waals surface area contributed by atoms with Gasteiger partial charge in [0.25, 0.3) is 0 Å². The first-order valence-corrected chi connectivity index (χ1v) is 10.1. The highest BCUT2D eigenvalue weighted by Crippen LogP contribution is 2.37. The van der Waals surface area contributed by atoms with E-state index < -0.39 is 22.8 Å². The molecular formula is C26H22O6. The molecule has 4 rings (SSSR count). The molecule has 32 heavy (non-hydrogen) atoms. The smallest absolute Gasteiger partial charge is 0.318 e. The monoisotopic (exact) mass is 430 g/mol. The van der Waals surface area contributed by atoms with E-state index in [1.807, 2.05) is 24.3 Å². The molecule has 162 valence electrons. The Balaban J connectivity index is 1.62. The van der Waals surface area contributed by atoms with Crippen LogP contribution in [0.15, 0.2) is 96.5 Å². The predicted molar refractivity (Wildman–Crippen MR) is 119 cm³/mol. The maximum atomic E-state index is 12.0. The topological polar surface area (TPSA) is 115 Å². The summed E-state index contributed by atoms with van der Waals surface area (Å²) in [6.45, 7) is 0. The van der Waals surface area contributed by atoms with Crippen LogP contribution in [0.1, 0.15) is 24.0 Å². The number of hydrogen-bond acceptors (Lipinski definition) is 4. The van der Waals surface area contributed by atoms with E-state index in [4.69, 9.17) is 0 Å². The Morgan fingerprint density at radius 3 is 1.22 bits per heavy atom. The second-order valence-corrected chi connectivity index (χ2v) is 8.04. The number of carboxylic acids is 2. The minimum Gasteiger partial charge on any atom is -0.508 e. The molecule has 6 heteroatoms. The Bertz CT molecular complexity index is 1090. The van der Waals surface area contributed by atoms with Crippen LogP contribution in [0.25, 0.3) is 11.1 Å². The molecule has 2 aliphatic carbocycles. The fourth-order valence-corrected chi connectivity index (χ4v) is 4.17. The van der Waals surface area contributed by atoms with Crippen LogP contribution in [0.2, 0.25) is 0 Å². The Morgan fingerprint density at radius 2 is 0.969 bits per heavy atom. The zero-order chi connectivity index (χ0) is 22.9. The van der Waals surface area contributed by atoms with Crippen molar-refractivity contribution >= 4 is 11.9 Å². The van der Waals surface area contributed by atoms with Crippen LogP contribution in [-0.2, 0) is 20.4 Å². The highest BCUT2D eigenvalue weighted by Gasteiger charge is 2.39. The molecule has 0 spiro atoms. The van der Waals surface area contributed by atoms with Crippen molar-refractivity contribution in [2.75, 3.05) is 0 Å². The summed E-state index contributed by atoms with van der Waals surface area (Å²) in [6, 6.07) is 14.3. The Hall–Kier alpha value is -4.06. The van der Waals surface area contributed by atoms with E-state index in [0.29, 0.717) is 11.1 Å². The first-order chi connectivity index (χ1) is 15.3.